The van der Waals surface area contributed by atoms with Crippen LogP contribution in [0.4, 0.5) is 18.9 Å². The van der Waals surface area contributed by atoms with Crippen LogP contribution in [0.3, 0.4) is 0 Å². The van der Waals surface area contributed by atoms with Gasteiger partial charge in [-0.1, -0.05) is 24.6 Å². The van der Waals surface area contributed by atoms with Crippen LogP contribution < -0.4 is 4.74 Å². The highest BCUT2D eigenvalue weighted by Crippen LogP contribution is 2.58. The van der Waals surface area contributed by atoms with Crippen LogP contribution in [0, 0.1) is 12.4 Å². The lowest BCUT2D eigenvalue weighted by atomic mass is 9.94. The Hall–Kier alpha value is -2.23. The Bertz CT molecular complexity index is 906. The Kier molecular flexibility index (Phi) is 3.98. The lowest BCUT2D eigenvalue weighted by Crippen LogP contribution is -2.40. The summed E-state index contributed by atoms with van der Waals surface area (Å²) in [6.45, 7) is 9.25. The molecule has 2 unspecified atom stereocenters. The van der Waals surface area contributed by atoms with E-state index in [1.165, 1.54) is 25.1 Å². The quantitative estimate of drug-likeness (QED) is 0.682. The summed E-state index contributed by atoms with van der Waals surface area (Å²) in [4.78, 5) is 3.13. The number of hydrogen-bond acceptors (Lipinski definition) is 2. The smallest absolute Gasteiger partial charge is 0.286 e. The molecule has 1 aliphatic carbocycles. The molecule has 0 bridgehead atoms. The molecule has 0 saturated heterocycles. The van der Waals surface area contributed by atoms with Crippen molar-refractivity contribution in [3.8, 4) is 11.5 Å². The number of hydrogen-bond donors (Lipinski definition) is 1. The van der Waals surface area contributed by atoms with E-state index in [9.17, 15) is 18.3 Å². The number of halogens is 4. The van der Waals surface area contributed by atoms with Crippen molar-refractivity contribution in [3.63, 3.8) is 0 Å². The molecule has 3 rings (SSSR count). The maximum atomic E-state index is 14.4. The first-order valence-electron chi connectivity index (χ1n) is 7.38. The molecular weight excluding hydrogens is 355 g/mol. The number of ether oxygens (including phenoxy) is 1. The molecule has 2 aromatic rings. The Balaban J connectivity index is 2.07. The average molecular weight is 368 g/mol. The Morgan fingerprint density at radius 3 is 2.60 bits per heavy atom. The van der Waals surface area contributed by atoms with Crippen LogP contribution in [0.15, 0.2) is 30.3 Å². The fourth-order valence-corrected chi connectivity index (χ4v) is 3.45. The van der Waals surface area contributed by atoms with Crippen LogP contribution in [0.1, 0.15) is 30.9 Å². The molecule has 0 spiro atoms. The van der Waals surface area contributed by atoms with E-state index >= 15 is 0 Å². The van der Waals surface area contributed by atoms with Crippen LogP contribution in [0.25, 0.3) is 4.85 Å². The van der Waals surface area contributed by atoms with Gasteiger partial charge in [0, 0.05) is 6.07 Å². The molecule has 3 nitrogen and oxygen atoms in total. The van der Waals surface area contributed by atoms with Crippen molar-refractivity contribution in [2.75, 3.05) is 0 Å². The number of aliphatic hydroxyl groups is 1. The fourth-order valence-electron chi connectivity index (χ4n) is 3.08. The monoisotopic (exact) mass is 367 g/mol. The first kappa shape index (κ1) is 17.6. The first-order chi connectivity index (χ1) is 11.6. The number of fused-ring (bicyclic) bond motifs is 1. The standard InChI is InChI=1S/C18H13ClF3NO2/c1-9-15-13(17(2,24)18(9,21)22)4-5-14(16(15)19)25-12-7-10(20)6-11(8-12)23-3/h4-9,24H,1-2H3. The summed E-state index contributed by atoms with van der Waals surface area (Å²) in [5.41, 5.74) is -2.19. The van der Waals surface area contributed by atoms with Crippen LogP contribution in [0.2, 0.25) is 5.02 Å². The van der Waals surface area contributed by atoms with Gasteiger partial charge in [-0.3, -0.25) is 0 Å². The van der Waals surface area contributed by atoms with Gasteiger partial charge in [0.25, 0.3) is 5.92 Å². The molecule has 0 aromatic heterocycles. The number of benzene rings is 2. The van der Waals surface area contributed by atoms with Crippen molar-refractivity contribution >= 4 is 17.3 Å². The van der Waals surface area contributed by atoms with Gasteiger partial charge in [0.15, 0.2) is 11.3 Å². The minimum atomic E-state index is -3.40. The third-order valence-corrected chi connectivity index (χ3v) is 4.90. The normalized spacial score (nSPS) is 23.8. The van der Waals surface area contributed by atoms with Crippen molar-refractivity contribution in [1.29, 1.82) is 0 Å². The average Bonchev–Trinajstić information content (AvgIpc) is 2.67. The van der Waals surface area contributed by atoms with Crippen molar-refractivity contribution in [3.05, 3.63) is 63.7 Å². The van der Waals surface area contributed by atoms with Crippen LogP contribution >= 0.6 is 11.6 Å². The molecule has 0 amide bonds. The molecule has 25 heavy (non-hydrogen) atoms. The molecule has 130 valence electrons. The Labute approximate surface area is 147 Å². The van der Waals surface area contributed by atoms with E-state index < -0.39 is 23.3 Å². The van der Waals surface area contributed by atoms with Gasteiger partial charge in [-0.05, 0) is 36.2 Å². The van der Waals surface area contributed by atoms with Gasteiger partial charge in [0.05, 0.1) is 17.5 Å². The Morgan fingerprint density at radius 1 is 1.28 bits per heavy atom. The fraction of sp³-hybridized carbons (Fsp3) is 0.278. The third-order valence-electron chi connectivity index (χ3n) is 4.51. The van der Waals surface area contributed by atoms with E-state index in [1.807, 2.05) is 0 Å². The predicted molar refractivity (Wildman–Crippen MR) is 87.1 cm³/mol. The second-order valence-electron chi connectivity index (χ2n) is 6.11. The zero-order valence-corrected chi connectivity index (χ0v) is 14.0. The van der Waals surface area contributed by atoms with Crippen molar-refractivity contribution < 1.29 is 23.0 Å². The van der Waals surface area contributed by atoms with E-state index in [0.717, 1.165) is 19.1 Å². The molecule has 0 radical (unpaired) electrons. The van der Waals surface area contributed by atoms with Crippen molar-refractivity contribution in [1.82, 2.24) is 0 Å². The lowest BCUT2D eigenvalue weighted by molar-refractivity contribution is -0.175. The van der Waals surface area contributed by atoms with Gasteiger partial charge in [-0.2, -0.15) is 0 Å². The highest BCUT2D eigenvalue weighted by Gasteiger charge is 2.61. The highest BCUT2D eigenvalue weighted by atomic mass is 35.5. The zero-order valence-electron chi connectivity index (χ0n) is 13.3. The van der Waals surface area contributed by atoms with E-state index in [4.69, 9.17) is 22.9 Å². The highest BCUT2D eigenvalue weighted by molar-refractivity contribution is 6.33. The van der Waals surface area contributed by atoms with E-state index in [0.29, 0.717) is 0 Å². The van der Waals surface area contributed by atoms with Crippen molar-refractivity contribution in [2.45, 2.75) is 31.3 Å². The number of alkyl halides is 2. The molecule has 1 aliphatic rings. The maximum absolute atomic E-state index is 14.4. The van der Waals surface area contributed by atoms with Gasteiger partial charge in [-0.25, -0.2) is 18.0 Å². The maximum Gasteiger partial charge on any atom is 0.286 e. The predicted octanol–water partition coefficient (Wildman–Crippen LogP) is 5.78. The van der Waals surface area contributed by atoms with Crippen LogP contribution in [-0.4, -0.2) is 11.0 Å². The third kappa shape index (κ3) is 2.55. The lowest BCUT2D eigenvalue weighted by Gasteiger charge is -2.28. The van der Waals surface area contributed by atoms with Gasteiger partial charge >= 0.3 is 0 Å². The summed E-state index contributed by atoms with van der Waals surface area (Å²) in [7, 11) is 0. The molecule has 1 N–H and O–H groups in total. The van der Waals surface area contributed by atoms with Gasteiger partial charge in [0.1, 0.15) is 17.3 Å². The minimum absolute atomic E-state index is 0.0250. The SMILES string of the molecule is [C-]#[N+]c1cc(F)cc(Oc2ccc3c(c2Cl)C(C)C(F)(F)C3(C)O)c1. The summed E-state index contributed by atoms with van der Waals surface area (Å²) in [6, 6.07) is 6.08. The van der Waals surface area contributed by atoms with Crippen LogP contribution in [0.5, 0.6) is 11.5 Å². The molecular formula is C18H13ClF3NO2. The van der Waals surface area contributed by atoms with Crippen LogP contribution in [-0.2, 0) is 5.60 Å². The van der Waals surface area contributed by atoms with E-state index in [1.54, 1.807) is 0 Å². The Morgan fingerprint density at radius 2 is 1.96 bits per heavy atom. The van der Waals surface area contributed by atoms with Gasteiger partial charge in [0.2, 0.25) is 0 Å². The summed E-state index contributed by atoms with van der Waals surface area (Å²) in [5.74, 6) is -5.31. The summed E-state index contributed by atoms with van der Waals surface area (Å²) < 4.78 is 47.7. The minimum Gasteiger partial charge on any atom is -0.457 e. The number of rotatable bonds is 2. The summed E-state index contributed by atoms with van der Waals surface area (Å²) in [6.07, 6.45) is 0. The topological polar surface area (TPSA) is 33.8 Å². The van der Waals surface area contributed by atoms with E-state index in [-0.39, 0.29) is 33.3 Å². The molecule has 2 aromatic carbocycles. The second kappa shape index (κ2) is 5.65. The molecule has 7 heteroatoms. The largest absolute Gasteiger partial charge is 0.457 e. The summed E-state index contributed by atoms with van der Waals surface area (Å²) >= 11 is 6.24. The second-order valence-corrected chi connectivity index (χ2v) is 6.49. The van der Waals surface area contributed by atoms with E-state index in [2.05, 4.69) is 4.85 Å². The number of nitrogens with zero attached hydrogens (tertiary/aromatic N) is 1. The van der Waals surface area contributed by atoms with Gasteiger partial charge < -0.3 is 9.84 Å². The summed E-state index contributed by atoms with van der Waals surface area (Å²) in [5, 5.41) is 10.1. The molecule has 0 aliphatic heterocycles. The van der Waals surface area contributed by atoms with Crippen molar-refractivity contribution in [2.24, 2.45) is 0 Å². The molecule has 0 saturated carbocycles. The van der Waals surface area contributed by atoms with Gasteiger partial charge in [-0.15, -0.1) is 0 Å². The molecule has 0 heterocycles. The zero-order chi connectivity index (χ0) is 18.6. The first-order valence-corrected chi connectivity index (χ1v) is 7.76. The molecule has 2 atom stereocenters. The molecule has 0 fully saturated rings.